The van der Waals surface area contributed by atoms with Gasteiger partial charge in [-0.3, -0.25) is 19.3 Å². The molecule has 0 aliphatic carbocycles. The molecule has 0 spiro atoms. The quantitative estimate of drug-likeness (QED) is 0.0860. The van der Waals surface area contributed by atoms with Crippen molar-refractivity contribution < 1.29 is 49.8 Å². The summed E-state index contributed by atoms with van der Waals surface area (Å²) in [4.78, 5) is 44.5. The van der Waals surface area contributed by atoms with Crippen LogP contribution in [-0.2, 0) is 9.59 Å². The highest BCUT2D eigenvalue weighted by Crippen LogP contribution is 2.50. The van der Waals surface area contributed by atoms with Crippen molar-refractivity contribution in [3.63, 3.8) is 0 Å². The molecule has 0 fully saturated rings. The Kier molecular flexibility index (Phi) is 17.4. The van der Waals surface area contributed by atoms with E-state index < -0.39 is 43.0 Å². The molecule has 2 aromatic rings. The van der Waals surface area contributed by atoms with Crippen LogP contribution in [0.3, 0.4) is 0 Å². The number of hydrogen-bond acceptors (Lipinski definition) is 13. The van der Waals surface area contributed by atoms with Gasteiger partial charge in [0.15, 0.2) is 17.6 Å². The summed E-state index contributed by atoms with van der Waals surface area (Å²) in [6, 6.07) is 11.6. The number of aliphatic hydroxyl groups excluding tert-OH is 6. The Morgan fingerprint density at radius 3 is 1.71 bits per heavy atom. The Balaban J connectivity index is 1.48. The van der Waals surface area contributed by atoms with Crippen molar-refractivity contribution in [3.8, 4) is 11.5 Å². The number of amides is 3. The number of unbranched alkanes of at least 4 members (excludes halogenated alkanes) is 3. The summed E-state index contributed by atoms with van der Waals surface area (Å²) in [5.74, 6) is -0.183. The van der Waals surface area contributed by atoms with Gasteiger partial charge < -0.3 is 55.8 Å². The lowest BCUT2D eigenvalue weighted by Gasteiger charge is -2.33. The number of thioether (sulfide) groups is 1. The minimum atomic E-state index is -2.08. The van der Waals surface area contributed by atoms with Gasteiger partial charge in [-0.15, -0.1) is 0 Å². The summed E-state index contributed by atoms with van der Waals surface area (Å²) in [5, 5.41) is 62.6. The number of hydrogen-bond donors (Lipinski definition) is 8. The number of ether oxygens (including phenoxy) is 1. The van der Waals surface area contributed by atoms with Crippen molar-refractivity contribution in [1.29, 1.82) is 0 Å². The Hall–Kier alpha value is -3.64. The van der Waals surface area contributed by atoms with Crippen molar-refractivity contribution in [2.75, 3.05) is 66.3 Å². The van der Waals surface area contributed by atoms with E-state index in [1.165, 1.54) is 0 Å². The van der Waals surface area contributed by atoms with E-state index in [1.54, 1.807) is 4.90 Å². The summed E-state index contributed by atoms with van der Waals surface area (Å²) < 4.78 is 6.39. The maximum Gasteiger partial charge on any atom is 0.291 e. The van der Waals surface area contributed by atoms with E-state index in [2.05, 4.69) is 48.1 Å². The number of nitrogens with zero attached hydrogens (tertiary/aromatic N) is 3. The molecule has 8 N–H and O–H groups in total. The second kappa shape index (κ2) is 21.2. The zero-order valence-electron chi connectivity index (χ0n) is 30.4. The maximum atomic E-state index is 13.7. The first-order valence-corrected chi connectivity index (χ1v) is 18.9. The van der Waals surface area contributed by atoms with Crippen LogP contribution in [0.2, 0.25) is 0 Å². The minimum absolute atomic E-state index is 0.0686. The first-order valence-electron chi connectivity index (χ1n) is 17.9. The normalized spacial score (nSPS) is 14.9. The zero-order chi connectivity index (χ0) is 38.4. The Labute approximate surface area is 309 Å². The van der Waals surface area contributed by atoms with Crippen molar-refractivity contribution in [1.82, 2.24) is 10.6 Å². The standard InChI is InChI=1S/C36H55N5O10S/c1-5-39(6-2)23-13-15-25-28(19-23)51-29-20-24(40(7-3)8-4)14-16-26(29)41(25)36(50)52-22-30(44)37-17-11-9-10-12-18-38-35(49)34(48)33(47)32(46)31(45)27(43)21-42/h13-16,19-20,27,31-34,42-43,45-48H,5-12,17-18,21-22H2,1-4H3,(H,37,44)(H,38,49)/t27-,31-,32+,33-,34-/m1/s1. The summed E-state index contributed by atoms with van der Waals surface area (Å²) in [6.07, 6.45) is -7.29. The average Bonchev–Trinajstić information content (AvgIpc) is 3.16. The predicted octanol–water partition coefficient (Wildman–Crippen LogP) is 2.07. The molecule has 1 aliphatic rings. The monoisotopic (exact) mass is 749 g/mol. The van der Waals surface area contributed by atoms with Crippen LogP contribution in [-0.4, -0.2) is 130 Å². The first kappa shape index (κ1) is 42.8. The molecule has 5 atom stereocenters. The van der Waals surface area contributed by atoms with Gasteiger partial charge in [0.1, 0.15) is 24.4 Å². The Morgan fingerprint density at radius 1 is 0.731 bits per heavy atom. The molecule has 3 amide bonds. The van der Waals surface area contributed by atoms with Crippen LogP contribution in [0.1, 0.15) is 53.4 Å². The van der Waals surface area contributed by atoms with Crippen LogP contribution in [0, 0.1) is 0 Å². The van der Waals surface area contributed by atoms with Gasteiger partial charge in [-0.2, -0.15) is 0 Å². The van der Waals surface area contributed by atoms with Gasteiger partial charge in [-0.05, 0) is 64.8 Å². The van der Waals surface area contributed by atoms with Crippen LogP contribution >= 0.6 is 11.8 Å². The molecule has 0 saturated heterocycles. The fraction of sp³-hybridized carbons (Fsp3) is 0.583. The number of carbonyl (C=O) groups is 3. The zero-order valence-corrected chi connectivity index (χ0v) is 31.2. The predicted molar refractivity (Wildman–Crippen MR) is 202 cm³/mol. The second-order valence-corrected chi connectivity index (χ2v) is 13.3. The number of benzene rings is 2. The molecule has 0 radical (unpaired) electrons. The van der Waals surface area contributed by atoms with Gasteiger partial charge in [-0.25, -0.2) is 0 Å². The smallest absolute Gasteiger partial charge is 0.291 e. The third kappa shape index (κ3) is 11.2. The van der Waals surface area contributed by atoms with E-state index in [0.717, 1.165) is 55.7 Å². The molecule has 0 unspecified atom stereocenters. The SMILES string of the molecule is CCN(CC)c1ccc2c(c1)Oc1cc(N(CC)CC)ccc1N2C(=O)SCC(=O)NCCCCCCNC(=O)[C@H](O)[C@H](O)[C@@H](O)[C@H](O)[C@H](O)CO. The Morgan fingerprint density at radius 2 is 1.23 bits per heavy atom. The number of rotatable bonds is 21. The summed E-state index contributed by atoms with van der Waals surface area (Å²) in [7, 11) is 0. The summed E-state index contributed by atoms with van der Waals surface area (Å²) in [6.45, 7) is 11.3. The maximum absolute atomic E-state index is 13.7. The topological polar surface area (TPSA) is 216 Å². The van der Waals surface area contributed by atoms with Crippen molar-refractivity contribution in [2.24, 2.45) is 0 Å². The molecule has 52 heavy (non-hydrogen) atoms. The molecular formula is C36H55N5O10S. The lowest BCUT2D eigenvalue weighted by molar-refractivity contribution is -0.156. The summed E-state index contributed by atoms with van der Waals surface area (Å²) in [5.41, 5.74) is 3.18. The lowest BCUT2D eigenvalue weighted by atomic mass is 9.99. The average molecular weight is 750 g/mol. The second-order valence-electron chi connectivity index (χ2n) is 12.4. The minimum Gasteiger partial charge on any atom is -0.453 e. The highest BCUT2D eigenvalue weighted by atomic mass is 32.2. The molecule has 15 nitrogen and oxygen atoms in total. The fourth-order valence-electron chi connectivity index (χ4n) is 5.82. The number of aliphatic hydroxyl groups is 6. The number of carbonyl (C=O) groups excluding carboxylic acids is 3. The van der Waals surface area contributed by atoms with E-state index in [-0.39, 0.29) is 23.4 Å². The van der Waals surface area contributed by atoms with E-state index in [1.807, 2.05) is 36.4 Å². The van der Waals surface area contributed by atoms with E-state index >= 15 is 0 Å². The van der Waals surface area contributed by atoms with E-state index in [0.29, 0.717) is 48.7 Å². The van der Waals surface area contributed by atoms with E-state index in [4.69, 9.17) is 9.84 Å². The molecular weight excluding hydrogens is 694 g/mol. The van der Waals surface area contributed by atoms with Crippen molar-refractivity contribution in [3.05, 3.63) is 36.4 Å². The molecule has 1 heterocycles. The van der Waals surface area contributed by atoms with Gasteiger partial charge >= 0.3 is 0 Å². The largest absolute Gasteiger partial charge is 0.453 e. The van der Waals surface area contributed by atoms with Gasteiger partial charge in [0.2, 0.25) is 5.91 Å². The van der Waals surface area contributed by atoms with E-state index in [9.17, 15) is 39.9 Å². The van der Waals surface area contributed by atoms with Crippen molar-refractivity contribution in [2.45, 2.75) is 83.9 Å². The molecule has 16 heteroatoms. The Bertz CT molecular complexity index is 1400. The van der Waals surface area contributed by atoms with Crippen LogP contribution in [0.25, 0.3) is 0 Å². The van der Waals surface area contributed by atoms with Crippen LogP contribution in [0.5, 0.6) is 11.5 Å². The molecule has 1 aliphatic heterocycles. The molecule has 0 bridgehead atoms. The van der Waals surface area contributed by atoms with Crippen LogP contribution < -0.4 is 30.1 Å². The highest BCUT2D eigenvalue weighted by Gasteiger charge is 2.37. The van der Waals surface area contributed by atoms with Gasteiger partial charge in [0.25, 0.3) is 11.1 Å². The van der Waals surface area contributed by atoms with Gasteiger partial charge in [0, 0.05) is 62.8 Å². The van der Waals surface area contributed by atoms with Gasteiger partial charge in [-0.1, -0.05) is 24.6 Å². The third-order valence-corrected chi connectivity index (χ3v) is 9.79. The van der Waals surface area contributed by atoms with Crippen LogP contribution in [0.4, 0.5) is 27.5 Å². The number of anilines is 4. The van der Waals surface area contributed by atoms with Crippen molar-refractivity contribution >= 4 is 51.6 Å². The third-order valence-electron chi connectivity index (χ3n) is 8.95. The highest BCUT2D eigenvalue weighted by molar-refractivity contribution is 8.14. The lowest BCUT2D eigenvalue weighted by Crippen LogP contribution is -2.54. The molecule has 2 aromatic carbocycles. The number of fused-ring (bicyclic) bond motifs is 2. The van der Waals surface area contributed by atoms with Gasteiger partial charge in [0.05, 0.1) is 23.7 Å². The molecule has 0 aromatic heterocycles. The number of nitrogens with one attached hydrogen (secondary N) is 2. The summed E-state index contributed by atoms with van der Waals surface area (Å²) >= 11 is 0.912. The molecule has 0 saturated carbocycles. The first-order chi connectivity index (χ1) is 24.9. The molecule has 290 valence electrons. The fourth-order valence-corrected chi connectivity index (χ4v) is 6.51. The van der Waals surface area contributed by atoms with Crippen LogP contribution in [0.15, 0.2) is 36.4 Å². The molecule has 3 rings (SSSR count).